The van der Waals surface area contributed by atoms with Crippen LogP contribution in [0.25, 0.3) is 0 Å². The van der Waals surface area contributed by atoms with Gasteiger partial charge in [0.2, 0.25) is 4.90 Å². The van der Waals surface area contributed by atoms with Gasteiger partial charge in [0.25, 0.3) is 0 Å². The molecule has 40 heavy (non-hydrogen) atoms. The van der Waals surface area contributed by atoms with E-state index in [-0.39, 0.29) is 5.56 Å². The van der Waals surface area contributed by atoms with Crippen molar-refractivity contribution in [2.75, 3.05) is 13.7 Å². The summed E-state index contributed by atoms with van der Waals surface area (Å²) >= 11 is 0. The van der Waals surface area contributed by atoms with Gasteiger partial charge in [0.1, 0.15) is 16.7 Å². The summed E-state index contributed by atoms with van der Waals surface area (Å²) < 4.78 is 29.7. The highest BCUT2D eigenvalue weighted by molar-refractivity contribution is 7.97. The third kappa shape index (κ3) is 7.52. The lowest BCUT2D eigenvalue weighted by atomic mass is 10.1. The minimum Gasteiger partial charge on any atom is -0.491 e. The fourth-order valence-corrected chi connectivity index (χ4v) is 6.04. The molecule has 202 valence electrons. The Labute approximate surface area is 236 Å². The monoisotopic (exact) mass is 555 g/mol. The van der Waals surface area contributed by atoms with Crippen molar-refractivity contribution in [2.45, 2.75) is 34.1 Å². The van der Waals surface area contributed by atoms with E-state index in [1.165, 1.54) is 12.1 Å². The van der Waals surface area contributed by atoms with Crippen LogP contribution in [-0.4, -0.2) is 31.3 Å². The minimum atomic E-state index is -1.18. The second-order valence-corrected chi connectivity index (χ2v) is 11.1. The molecule has 0 aromatic heterocycles. The Morgan fingerprint density at radius 1 is 0.850 bits per heavy atom. The summed E-state index contributed by atoms with van der Waals surface area (Å²) in [5.74, 6) is 4.39. The normalized spacial score (nSPS) is 10.8. The van der Waals surface area contributed by atoms with E-state index < -0.39 is 40.9 Å². The first-order chi connectivity index (χ1) is 19.3. The highest BCUT2D eigenvalue weighted by Gasteiger charge is 2.33. The Kier molecular flexibility index (Phi) is 9.26. The molecule has 4 rings (SSSR count). The van der Waals surface area contributed by atoms with E-state index in [4.69, 9.17) is 14.2 Å². The van der Waals surface area contributed by atoms with Crippen molar-refractivity contribution in [2.24, 2.45) is 0 Å². The maximum Gasteiger partial charge on any atom is 0.345 e. The van der Waals surface area contributed by atoms with E-state index in [1.54, 1.807) is 51.3 Å². The predicted molar refractivity (Wildman–Crippen MR) is 152 cm³/mol. The zero-order valence-electron chi connectivity index (χ0n) is 22.3. The molecule has 0 aliphatic rings. The van der Waals surface area contributed by atoms with Crippen molar-refractivity contribution in [3.05, 3.63) is 120 Å². The van der Waals surface area contributed by atoms with Gasteiger partial charge in [0.15, 0.2) is 27.7 Å². The zero-order chi connectivity index (χ0) is 28.5. The van der Waals surface area contributed by atoms with Crippen LogP contribution in [0.15, 0.2) is 118 Å². The van der Waals surface area contributed by atoms with Crippen LogP contribution >= 0.6 is 0 Å². The second-order valence-electron chi connectivity index (χ2n) is 9.12. The molecule has 0 amide bonds. The van der Waals surface area contributed by atoms with E-state index in [9.17, 15) is 14.0 Å². The van der Waals surface area contributed by atoms with Gasteiger partial charge < -0.3 is 14.2 Å². The SMILES string of the molecule is COc1ccc(C(=O)OCC(=O)OC(C)(C)C#Cc2cccc(F)c2)cc1[S+](c1ccccc1)c1ccccc1. The quantitative estimate of drug-likeness (QED) is 0.142. The van der Waals surface area contributed by atoms with Crippen molar-refractivity contribution in [3.63, 3.8) is 0 Å². The Balaban J connectivity index is 1.50. The molecule has 5 nitrogen and oxygen atoms in total. The van der Waals surface area contributed by atoms with Gasteiger partial charge in [-0.05, 0) is 68.4 Å². The maximum atomic E-state index is 13.4. The van der Waals surface area contributed by atoms with Gasteiger partial charge in [-0.2, -0.15) is 0 Å². The molecule has 0 saturated heterocycles. The molecule has 0 aliphatic carbocycles. The van der Waals surface area contributed by atoms with Crippen molar-refractivity contribution in [1.29, 1.82) is 0 Å². The van der Waals surface area contributed by atoms with Crippen LogP contribution in [0.1, 0.15) is 29.8 Å². The molecule has 0 fully saturated rings. The molecule has 0 aliphatic heterocycles. The van der Waals surface area contributed by atoms with E-state index in [2.05, 4.69) is 11.8 Å². The summed E-state index contributed by atoms with van der Waals surface area (Å²) in [4.78, 5) is 28.4. The number of esters is 2. The first-order valence-corrected chi connectivity index (χ1v) is 13.7. The minimum absolute atomic E-state index is 0.276. The molecular formula is C33H28FO5S+. The largest absolute Gasteiger partial charge is 0.491 e. The highest BCUT2D eigenvalue weighted by Crippen LogP contribution is 2.37. The van der Waals surface area contributed by atoms with Gasteiger partial charge in [-0.25, -0.2) is 14.0 Å². The number of benzene rings is 4. The van der Waals surface area contributed by atoms with Gasteiger partial charge in [-0.1, -0.05) is 54.3 Å². The summed E-state index contributed by atoms with van der Waals surface area (Å²) in [5, 5.41) is 0. The topological polar surface area (TPSA) is 61.8 Å². The van der Waals surface area contributed by atoms with Crippen LogP contribution < -0.4 is 4.74 Å². The number of carbonyl (C=O) groups excluding carboxylic acids is 2. The number of ether oxygens (including phenoxy) is 3. The van der Waals surface area contributed by atoms with Gasteiger partial charge in [0.05, 0.1) is 12.7 Å². The Bertz CT molecular complexity index is 1500. The smallest absolute Gasteiger partial charge is 0.345 e. The van der Waals surface area contributed by atoms with Crippen molar-refractivity contribution < 1.29 is 28.2 Å². The van der Waals surface area contributed by atoms with Gasteiger partial charge in [-0.3, -0.25) is 0 Å². The van der Waals surface area contributed by atoms with Crippen molar-refractivity contribution in [1.82, 2.24) is 0 Å². The number of carbonyl (C=O) groups is 2. The highest BCUT2D eigenvalue weighted by atomic mass is 32.2. The average molecular weight is 556 g/mol. The Hall–Kier alpha value is -4.54. The molecule has 0 radical (unpaired) electrons. The van der Waals surface area contributed by atoms with Crippen molar-refractivity contribution >= 4 is 22.8 Å². The lowest BCUT2D eigenvalue weighted by molar-refractivity contribution is -0.155. The Morgan fingerprint density at radius 2 is 1.50 bits per heavy atom. The van der Waals surface area contributed by atoms with E-state index in [0.29, 0.717) is 11.3 Å². The fourth-order valence-electron chi connectivity index (χ4n) is 3.80. The van der Waals surface area contributed by atoms with Gasteiger partial charge in [-0.15, -0.1) is 0 Å². The molecule has 4 aromatic carbocycles. The van der Waals surface area contributed by atoms with Gasteiger partial charge >= 0.3 is 11.9 Å². The number of methoxy groups -OCH3 is 1. The number of halogens is 1. The molecule has 0 atom stereocenters. The summed E-state index contributed by atoms with van der Waals surface area (Å²) in [6, 6.07) is 30.8. The first kappa shape index (κ1) is 28.5. The third-order valence-corrected chi connectivity index (χ3v) is 7.85. The molecule has 0 saturated carbocycles. The second kappa shape index (κ2) is 13.0. The number of hydrogen-bond acceptors (Lipinski definition) is 5. The van der Waals surface area contributed by atoms with Crippen LogP contribution in [0.2, 0.25) is 0 Å². The van der Waals surface area contributed by atoms with E-state index in [0.717, 1.165) is 14.7 Å². The average Bonchev–Trinajstić information content (AvgIpc) is 2.96. The number of rotatable bonds is 8. The zero-order valence-corrected chi connectivity index (χ0v) is 23.2. The molecular weight excluding hydrogens is 527 g/mol. The molecule has 0 unspecified atom stereocenters. The van der Waals surface area contributed by atoms with Crippen LogP contribution in [0.3, 0.4) is 0 Å². The summed E-state index contributed by atoms with van der Waals surface area (Å²) in [7, 11) is 1.02. The summed E-state index contributed by atoms with van der Waals surface area (Å²) in [6.07, 6.45) is 0. The van der Waals surface area contributed by atoms with Crippen LogP contribution in [-0.2, 0) is 25.2 Å². The fraction of sp³-hybridized carbons (Fsp3) is 0.152. The van der Waals surface area contributed by atoms with E-state index >= 15 is 0 Å². The maximum absolute atomic E-state index is 13.4. The third-order valence-electron chi connectivity index (χ3n) is 5.60. The molecule has 0 bridgehead atoms. The summed E-state index contributed by atoms with van der Waals surface area (Å²) in [5.41, 5.74) is -0.447. The van der Waals surface area contributed by atoms with Crippen LogP contribution in [0, 0.1) is 17.7 Å². The molecule has 0 N–H and O–H groups in total. The van der Waals surface area contributed by atoms with Crippen LogP contribution in [0.5, 0.6) is 5.75 Å². The van der Waals surface area contributed by atoms with E-state index in [1.807, 2.05) is 60.7 Å². The van der Waals surface area contributed by atoms with Crippen LogP contribution in [0.4, 0.5) is 4.39 Å². The molecule has 7 heteroatoms. The standard InChI is InChI=1S/C33H28FO5S/c1-33(2,20-19-24-11-10-12-26(34)21-24)39-31(35)23-38-32(36)25-17-18-29(37-3)30(22-25)40(27-13-6-4-7-14-27)28-15-8-5-9-16-28/h4-18,21-22H,23H2,1-3H3/q+1. The molecule has 0 spiro atoms. The lowest BCUT2D eigenvalue weighted by Gasteiger charge is -2.18. The predicted octanol–water partition coefficient (Wildman–Crippen LogP) is 6.46. The Morgan fingerprint density at radius 3 is 2.10 bits per heavy atom. The van der Waals surface area contributed by atoms with Crippen molar-refractivity contribution in [3.8, 4) is 17.6 Å². The number of hydrogen-bond donors (Lipinski definition) is 0. The molecule has 0 heterocycles. The first-order valence-electron chi connectivity index (χ1n) is 12.5. The van der Waals surface area contributed by atoms with Gasteiger partial charge in [0, 0.05) is 11.6 Å². The molecule has 4 aromatic rings. The lowest BCUT2D eigenvalue weighted by Crippen LogP contribution is -2.29. The summed E-state index contributed by atoms with van der Waals surface area (Å²) in [6.45, 7) is 2.61.